The van der Waals surface area contributed by atoms with Crippen molar-refractivity contribution in [1.82, 2.24) is 19.9 Å². The number of hydrogen-bond acceptors (Lipinski definition) is 6. The Labute approximate surface area is 232 Å². The Morgan fingerprint density at radius 3 is 2.54 bits per heavy atom. The van der Waals surface area contributed by atoms with Gasteiger partial charge in [0.1, 0.15) is 29.7 Å². The third kappa shape index (κ3) is 5.55. The van der Waals surface area contributed by atoms with Gasteiger partial charge in [0, 0.05) is 18.3 Å². The van der Waals surface area contributed by atoms with Gasteiger partial charge in [-0.25, -0.2) is 13.5 Å². The number of aromatic nitrogens is 3. The fraction of sp³-hybridized carbons (Fsp3) is 0.133. The van der Waals surface area contributed by atoms with Crippen molar-refractivity contribution >= 4 is 28.5 Å². The van der Waals surface area contributed by atoms with Crippen molar-refractivity contribution in [2.75, 3.05) is 12.1 Å². The highest BCUT2D eigenvalue weighted by Gasteiger charge is 2.33. The third-order valence-corrected chi connectivity index (χ3v) is 6.66. The summed E-state index contributed by atoms with van der Waals surface area (Å²) in [6, 6.07) is 21.9. The molecule has 2 heterocycles. The topological polar surface area (TPSA) is 98.6 Å². The molecule has 206 valence electrons. The molecule has 1 aliphatic heterocycles. The first-order valence-corrected chi connectivity index (χ1v) is 12.7. The number of nitrogens with one attached hydrogen (secondary N) is 1. The quantitative estimate of drug-likeness (QED) is 0.294. The standard InChI is InChI=1S/C30H23F2N5O4/c31-21-10-8-19(9-11-21)16-36(28(38)17-37-25-7-2-1-6-24(25)34-35-37)29(20-4-3-5-22(32)14-20)30(39)33-23-12-13-26-27(15-23)41-18-40-26/h1-15,29H,16-18H2,(H,33,39). The van der Waals surface area contributed by atoms with E-state index in [1.807, 2.05) is 6.07 Å². The summed E-state index contributed by atoms with van der Waals surface area (Å²) >= 11 is 0. The molecule has 1 unspecified atom stereocenters. The summed E-state index contributed by atoms with van der Waals surface area (Å²) in [6.07, 6.45) is 0. The minimum absolute atomic E-state index is 0.0650. The number of benzene rings is 4. The Bertz CT molecular complexity index is 1740. The largest absolute Gasteiger partial charge is 0.454 e. The molecule has 1 atom stereocenters. The minimum Gasteiger partial charge on any atom is -0.454 e. The highest BCUT2D eigenvalue weighted by Crippen LogP contribution is 2.35. The number of hydrogen-bond donors (Lipinski definition) is 1. The second-order valence-electron chi connectivity index (χ2n) is 9.40. The maximum absolute atomic E-state index is 14.5. The molecule has 11 heteroatoms. The van der Waals surface area contributed by atoms with E-state index in [4.69, 9.17) is 9.47 Å². The first-order valence-electron chi connectivity index (χ1n) is 12.7. The molecule has 41 heavy (non-hydrogen) atoms. The average Bonchev–Trinajstić information content (AvgIpc) is 3.61. The zero-order valence-corrected chi connectivity index (χ0v) is 21.5. The van der Waals surface area contributed by atoms with E-state index in [9.17, 15) is 18.4 Å². The molecule has 1 aromatic heterocycles. The van der Waals surface area contributed by atoms with Crippen LogP contribution in [-0.2, 0) is 22.7 Å². The van der Waals surface area contributed by atoms with Crippen molar-refractivity contribution in [2.45, 2.75) is 19.1 Å². The predicted molar refractivity (Wildman–Crippen MR) is 145 cm³/mol. The van der Waals surface area contributed by atoms with E-state index < -0.39 is 29.5 Å². The third-order valence-electron chi connectivity index (χ3n) is 6.66. The molecule has 5 aromatic rings. The number of halogens is 2. The molecule has 4 aromatic carbocycles. The van der Waals surface area contributed by atoms with E-state index in [1.54, 1.807) is 42.5 Å². The van der Waals surface area contributed by atoms with Crippen molar-refractivity contribution in [3.05, 3.63) is 114 Å². The summed E-state index contributed by atoms with van der Waals surface area (Å²) < 4.78 is 40.3. The Kier molecular flexibility index (Phi) is 6.99. The van der Waals surface area contributed by atoms with Gasteiger partial charge in [0.05, 0.1) is 5.52 Å². The van der Waals surface area contributed by atoms with Crippen molar-refractivity contribution in [3.8, 4) is 11.5 Å². The molecule has 0 fully saturated rings. The van der Waals surface area contributed by atoms with Crippen LogP contribution in [0, 0.1) is 11.6 Å². The van der Waals surface area contributed by atoms with Crippen molar-refractivity contribution in [3.63, 3.8) is 0 Å². The predicted octanol–water partition coefficient (Wildman–Crippen LogP) is 4.85. The number of anilines is 1. The number of nitrogens with zero attached hydrogens (tertiary/aromatic N) is 4. The van der Waals surface area contributed by atoms with Crippen LogP contribution in [0.25, 0.3) is 11.0 Å². The molecule has 0 spiro atoms. The minimum atomic E-state index is -1.26. The lowest BCUT2D eigenvalue weighted by molar-refractivity contribution is -0.140. The Morgan fingerprint density at radius 2 is 1.71 bits per heavy atom. The Balaban J connectivity index is 1.39. The summed E-state index contributed by atoms with van der Waals surface area (Å²) in [6.45, 7) is -0.248. The normalized spacial score (nSPS) is 12.7. The lowest BCUT2D eigenvalue weighted by atomic mass is 10.0. The van der Waals surface area contributed by atoms with Gasteiger partial charge in [-0.1, -0.05) is 41.6 Å². The number of carbonyl (C=O) groups excluding carboxylic acids is 2. The molecule has 9 nitrogen and oxygen atoms in total. The van der Waals surface area contributed by atoms with Crippen LogP contribution in [0.15, 0.2) is 91.0 Å². The Morgan fingerprint density at radius 1 is 0.902 bits per heavy atom. The van der Waals surface area contributed by atoms with E-state index >= 15 is 0 Å². The number of ether oxygens (including phenoxy) is 2. The molecular formula is C30H23F2N5O4. The number of amides is 2. The summed E-state index contributed by atoms with van der Waals surface area (Å²) in [5.41, 5.74) is 2.46. The average molecular weight is 556 g/mol. The molecule has 2 amide bonds. The van der Waals surface area contributed by atoms with E-state index in [1.165, 1.54) is 52.0 Å². The first-order chi connectivity index (χ1) is 19.9. The van der Waals surface area contributed by atoms with Gasteiger partial charge in [0.15, 0.2) is 11.5 Å². The van der Waals surface area contributed by atoms with Crippen LogP contribution in [0.4, 0.5) is 14.5 Å². The molecule has 0 bridgehead atoms. The van der Waals surface area contributed by atoms with Crippen molar-refractivity contribution in [1.29, 1.82) is 0 Å². The van der Waals surface area contributed by atoms with Gasteiger partial charge in [0.2, 0.25) is 12.7 Å². The summed E-state index contributed by atoms with van der Waals surface area (Å²) in [5, 5.41) is 11.0. The number of para-hydroxylation sites is 1. The van der Waals surface area contributed by atoms with Gasteiger partial charge >= 0.3 is 0 Å². The lowest BCUT2D eigenvalue weighted by Gasteiger charge is -2.31. The van der Waals surface area contributed by atoms with E-state index in [0.717, 1.165) is 0 Å². The van der Waals surface area contributed by atoms with Gasteiger partial charge in [-0.05, 0) is 59.7 Å². The van der Waals surface area contributed by atoms with E-state index in [0.29, 0.717) is 33.8 Å². The van der Waals surface area contributed by atoms with Gasteiger partial charge in [-0.2, -0.15) is 0 Å². The maximum Gasteiger partial charge on any atom is 0.251 e. The fourth-order valence-electron chi connectivity index (χ4n) is 4.70. The van der Waals surface area contributed by atoms with Gasteiger partial charge in [-0.3, -0.25) is 9.59 Å². The SMILES string of the molecule is O=C(Nc1ccc2c(c1)OCO2)C(c1cccc(F)c1)N(Cc1ccc(F)cc1)C(=O)Cn1nnc2ccccc21. The molecule has 0 saturated carbocycles. The van der Waals surface area contributed by atoms with Crippen LogP contribution in [0.3, 0.4) is 0 Å². The van der Waals surface area contributed by atoms with Crippen molar-refractivity contribution < 1.29 is 27.8 Å². The highest BCUT2D eigenvalue weighted by molar-refractivity contribution is 5.98. The number of carbonyl (C=O) groups is 2. The molecule has 6 rings (SSSR count). The summed E-state index contributed by atoms with van der Waals surface area (Å²) in [5.74, 6) is -1.09. The molecule has 0 saturated heterocycles. The molecule has 0 radical (unpaired) electrons. The fourth-order valence-corrected chi connectivity index (χ4v) is 4.70. The highest BCUT2D eigenvalue weighted by atomic mass is 19.1. The zero-order valence-electron chi connectivity index (χ0n) is 21.5. The molecule has 1 N–H and O–H groups in total. The second-order valence-corrected chi connectivity index (χ2v) is 9.40. The van der Waals surface area contributed by atoms with Crippen molar-refractivity contribution in [2.24, 2.45) is 0 Å². The van der Waals surface area contributed by atoms with Crippen LogP contribution < -0.4 is 14.8 Å². The van der Waals surface area contributed by atoms with Gasteiger partial charge < -0.3 is 19.7 Å². The smallest absolute Gasteiger partial charge is 0.251 e. The Hall–Kier alpha value is -5.32. The zero-order chi connectivity index (χ0) is 28.3. The van der Waals surface area contributed by atoms with E-state index in [-0.39, 0.29) is 25.4 Å². The monoisotopic (exact) mass is 555 g/mol. The first kappa shape index (κ1) is 25.9. The molecule has 0 aliphatic carbocycles. The van der Waals surface area contributed by atoms with Crippen LogP contribution in [0.1, 0.15) is 17.2 Å². The second kappa shape index (κ2) is 11.0. The number of rotatable bonds is 8. The summed E-state index contributed by atoms with van der Waals surface area (Å²) in [7, 11) is 0. The van der Waals surface area contributed by atoms with Crippen LogP contribution >= 0.6 is 0 Å². The van der Waals surface area contributed by atoms with Crippen LogP contribution in [0.5, 0.6) is 11.5 Å². The molecular weight excluding hydrogens is 532 g/mol. The summed E-state index contributed by atoms with van der Waals surface area (Å²) in [4.78, 5) is 29.2. The van der Waals surface area contributed by atoms with Gasteiger partial charge in [0.25, 0.3) is 5.91 Å². The molecule has 1 aliphatic rings. The lowest BCUT2D eigenvalue weighted by Crippen LogP contribution is -2.42. The van der Waals surface area contributed by atoms with Gasteiger partial charge in [-0.15, -0.1) is 5.10 Å². The van der Waals surface area contributed by atoms with Crippen LogP contribution in [-0.4, -0.2) is 38.5 Å². The van der Waals surface area contributed by atoms with E-state index in [2.05, 4.69) is 15.6 Å². The number of fused-ring (bicyclic) bond motifs is 2. The maximum atomic E-state index is 14.5. The van der Waals surface area contributed by atoms with Crippen LogP contribution in [0.2, 0.25) is 0 Å².